The first-order chi connectivity index (χ1) is 16.1. The molecule has 0 saturated carbocycles. The highest BCUT2D eigenvalue weighted by Gasteiger charge is 2.12. The zero-order chi connectivity index (χ0) is 23.0. The number of hydrazone groups is 1. The molecule has 0 unspecified atom stereocenters. The van der Waals surface area contributed by atoms with Gasteiger partial charge < -0.3 is 9.47 Å². The van der Waals surface area contributed by atoms with Gasteiger partial charge in [-0.3, -0.25) is 9.78 Å². The van der Waals surface area contributed by atoms with Crippen molar-refractivity contribution < 1.29 is 14.3 Å². The summed E-state index contributed by atoms with van der Waals surface area (Å²) in [4.78, 5) is 16.1. The number of carbonyl (C=O) groups is 1. The summed E-state index contributed by atoms with van der Waals surface area (Å²) in [7, 11) is 0. The summed E-state index contributed by atoms with van der Waals surface area (Å²) in [5, 5.41) is 6.44. The van der Waals surface area contributed by atoms with Gasteiger partial charge in [-0.1, -0.05) is 36.4 Å². The molecule has 0 bridgehead atoms. The van der Waals surface area contributed by atoms with Crippen molar-refractivity contribution in [1.82, 2.24) is 10.4 Å². The molecule has 1 N–H and O–H groups in total. The molecule has 6 nitrogen and oxygen atoms in total. The number of amides is 1. The van der Waals surface area contributed by atoms with E-state index in [9.17, 15) is 4.79 Å². The standard InChI is InChI=1S/C26H22IN3O3/c1-2-32-24-14-19(15-29-30-26(31)22-8-5-11-28-16-22)13-23(27)25(24)33-17-18-9-10-20-6-3-4-7-21(20)12-18/h3-16H,2,17H2,1H3,(H,30,31)/b29-15+. The monoisotopic (exact) mass is 551 g/mol. The molecule has 1 amide bonds. The summed E-state index contributed by atoms with van der Waals surface area (Å²) in [5.74, 6) is 0.988. The Morgan fingerprint density at radius 1 is 1.06 bits per heavy atom. The molecule has 3 aromatic carbocycles. The van der Waals surface area contributed by atoms with E-state index in [1.165, 1.54) is 17.0 Å². The van der Waals surface area contributed by atoms with Gasteiger partial charge in [-0.05, 0) is 81.7 Å². The molecule has 0 saturated heterocycles. The Labute approximate surface area is 205 Å². The van der Waals surface area contributed by atoms with Crippen molar-refractivity contribution in [3.63, 3.8) is 0 Å². The van der Waals surface area contributed by atoms with Crippen LogP contribution in [0.5, 0.6) is 11.5 Å². The number of aromatic nitrogens is 1. The third kappa shape index (κ3) is 5.87. The van der Waals surface area contributed by atoms with E-state index in [2.05, 4.69) is 68.4 Å². The molecule has 4 rings (SSSR count). The molecular formula is C26H22IN3O3. The number of hydrogen-bond donors (Lipinski definition) is 1. The van der Waals surface area contributed by atoms with Crippen molar-refractivity contribution in [2.75, 3.05) is 6.61 Å². The molecule has 0 spiro atoms. The quantitative estimate of drug-likeness (QED) is 0.176. The van der Waals surface area contributed by atoms with Crippen LogP contribution in [0, 0.1) is 3.57 Å². The average Bonchev–Trinajstić information content (AvgIpc) is 2.84. The summed E-state index contributed by atoms with van der Waals surface area (Å²) in [5.41, 5.74) is 4.82. The van der Waals surface area contributed by atoms with E-state index < -0.39 is 0 Å². The van der Waals surface area contributed by atoms with Crippen LogP contribution in [-0.2, 0) is 6.61 Å². The maximum atomic E-state index is 12.1. The van der Waals surface area contributed by atoms with Crippen molar-refractivity contribution in [2.45, 2.75) is 13.5 Å². The number of nitrogens with one attached hydrogen (secondary N) is 1. The smallest absolute Gasteiger partial charge is 0.272 e. The second kappa shape index (κ2) is 10.9. The minimum Gasteiger partial charge on any atom is -0.490 e. The Bertz CT molecular complexity index is 1290. The van der Waals surface area contributed by atoms with Crippen molar-refractivity contribution in [2.24, 2.45) is 5.10 Å². The number of ether oxygens (including phenoxy) is 2. The van der Waals surface area contributed by atoms with Crippen LogP contribution in [0.4, 0.5) is 0 Å². The van der Waals surface area contributed by atoms with Gasteiger partial charge >= 0.3 is 0 Å². The minimum atomic E-state index is -0.325. The lowest BCUT2D eigenvalue weighted by Gasteiger charge is -2.15. The van der Waals surface area contributed by atoms with E-state index in [0.29, 0.717) is 30.3 Å². The van der Waals surface area contributed by atoms with Gasteiger partial charge in [-0.15, -0.1) is 0 Å². The van der Waals surface area contributed by atoms with Gasteiger partial charge in [0.1, 0.15) is 6.61 Å². The molecule has 0 aliphatic rings. The van der Waals surface area contributed by atoms with Crippen LogP contribution < -0.4 is 14.9 Å². The van der Waals surface area contributed by atoms with Crippen LogP contribution >= 0.6 is 22.6 Å². The SMILES string of the molecule is CCOc1cc(/C=N/NC(=O)c2cccnc2)cc(I)c1OCc1ccc2ccccc2c1. The van der Waals surface area contributed by atoms with Crippen LogP contribution in [0.3, 0.4) is 0 Å². The molecule has 0 radical (unpaired) electrons. The average molecular weight is 551 g/mol. The van der Waals surface area contributed by atoms with Gasteiger partial charge in [0, 0.05) is 12.4 Å². The normalized spacial score (nSPS) is 11.0. The molecule has 0 atom stereocenters. The van der Waals surface area contributed by atoms with Gasteiger partial charge in [-0.25, -0.2) is 5.43 Å². The highest BCUT2D eigenvalue weighted by Crippen LogP contribution is 2.34. The largest absolute Gasteiger partial charge is 0.490 e. The third-order valence-electron chi connectivity index (χ3n) is 4.83. The molecular weight excluding hydrogens is 529 g/mol. The summed E-state index contributed by atoms with van der Waals surface area (Å²) >= 11 is 2.22. The van der Waals surface area contributed by atoms with E-state index in [0.717, 1.165) is 14.7 Å². The van der Waals surface area contributed by atoms with Gasteiger partial charge in [0.05, 0.1) is 22.0 Å². The van der Waals surface area contributed by atoms with Crippen molar-refractivity contribution in [1.29, 1.82) is 0 Å². The van der Waals surface area contributed by atoms with Crippen molar-refractivity contribution in [3.05, 3.63) is 99.4 Å². The highest BCUT2D eigenvalue weighted by atomic mass is 127. The maximum Gasteiger partial charge on any atom is 0.272 e. The number of pyridine rings is 1. The maximum absolute atomic E-state index is 12.1. The Morgan fingerprint density at radius 2 is 1.91 bits per heavy atom. The zero-order valence-corrected chi connectivity index (χ0v) is 20.2. The molecule has 0 fully saturated rings. The van der Waals surface area contributed by atoms with Crippen LogP contribution in [0.25, 0.3) is 10.8 Å². The first-order valence-corrected chi connectivity index (χ1v) is 11.5. The third-order valence-corrected chi connectivity index (χ3v) is 5.63. The number of nitrogens with zero attached hydrogens (tertiary/aromatic N) is 2. The number of rotatable bonds is 8. The molecule has 166 valence electrons. The van der Waals surface area contributed by atoms with E-state index in [4.69, 9.17) is 9.47 Å². The summed E-state index contributed by atoms with van der Waals surface area (Å²) in [6, 6.07) is 21.7. The lowest BCUT2D eigenvalue weighted by Crippen LogP contribution is -2.17. The predicted octanol–water partition coefficient (Wildman–Crippen LogP) is 5.58. The van der Waals surface area contributed by atoms with Crippen molar-refractivity contribution >= 4 is 45.5 Å². The van der Waals surface area contributed by atoms with Crippen LogP contribution in [0.1, 0.15) is 28.4 Å². The fourth-order valence-electron chi connectivity index (χ4n) is 3.28. The first-order valence-electron chi connectivity index (χ1n) is 10.4. The van der Waals surface area contributed by atoms with E-state index >= 15 is 0 Å². The van der Waals surface area contributed by atoms with Crippen LogP contribution in [-0.4, -0.2) is 23.7 Å². The fourth-order valence-corrected chi connectivity index (χ4v) is 4.06. The van der Waals surface area contributed by atoms with Crippen LogP contribution in [0.15, 0.2) is 84.2 Å². The molecule has 4 aromatic rings. The summed E-state index contributed by atoms with van der Waals surface area (Å²) in [6.45, 7) is 2.85. The molecule has 0 aliphatic heterocycles. The number of fused-ring (bicyclic) bond motifs is 1. The highest BCUT2D eigenvalue weighted by molar-refractivity contribution is 14.1. The number of carbonyl (C=O) groups excluding carboxylic acids is 1. The number of halogens is 1. The minimum absolute atomic E-state index is 0.325. The van der Waals surface area contributed by atoms with Crippen molar-refractivity contribution in [3.8, 4) is 11.5 Å². The zero-order valence-electron chi connectivity index (χ0n) is 18.0. The van der Waals surface area contributed by atoms with E-state index in [-0.39, 0.29) is 5.91 Å². The van der Waals surface area contributed by atoms with Gasteiger partial charge in [0.2, 0.25) is 0 Å². The molecule has 7 heteroatoms. The van der Waals surface area contributed by atoms with Gasteiger partial charge in [0.15, 0.2) is 11.5 Å². The second-order valence-corrected chi connectivity index (χ2v) is 8.34. The topological polar surface area (TPSA) is 72.8 Å². The first kappa shape index (κ1) is 22.7. The molecule has 1 heterocycles. The molecule has 0 aliphatic carbocycles. The molecule has 33 heavy (non-hydrogen) atoms. The van der Waals surface area contributed by atoms with E-state index in [1.807, 2.05) is 31.2 Å². The Kier molecular flexibility index (Phi) is 7.51. The summed E-state index contributed by atoms with van der Waals surface area (Å²) in [6.07, 6.45) is 4.68. The van der Waals surface area contributed by atoms with E-state index in [1.54, 1.807) is 24.5 Å². The van der Waals surface area contributed by atoms with Gasteiger partial charge in [-0.2, -0.15) is 5.10 Å². The Hall–Kier alpha value is -3.46. The fraction of sp³-hybridized carbons (Fsp3) is 0.115. The van der Waals surface area contributed by atoms with Crippen LogP contribution in [0.2, 0.25) is 0 Å². The van der Waals surface area contributed by atoms with Gasteiger partial charge in [0.25, 0.3) is 5.91 Å². The lowest BCUT2D eigenvalue weighted by molar-refractivity contribution is 0.0955. The number of benzene rings is 3. The number of hydrogen-bond acceptors (Lipinski definition) is 5. The predicted molar refractivity (Wildman–Crippen MR) is 138 cm³/mol. The second-order valence-electron chi connectivity index (χ2n) is 7.17. The Balaban J connectivity index is 1.48. The summed E-state index contributed by atoms with van der Waals surface area (Å²) < 4.78 is 12.9. The lowest BCUT2D eigenvalue weighted by atomic mass is 10.1. The molecule has 1 aromatic heterocycles. The Morgan fingerprint density at radius 3 is 2.70 bits per heavy atom.